The Hall–Kier alpha value is -2.56. The molecule has 0 amide bonds. The van der Waals surface area contributed by atoms with Gasteiger partial charge in [0.25, 0.3) is 0 Å². The van der Waals surface area contributed by atoms with E-state index >= 15 is 0 Å². The zero-order valence-corrected chi connectivity index (χ0v) is 13.3. The van der Waals surface area contributed by atoms with Crippen LogP contribution in [0.1, 0.15) is 35.3 Å². The number of aromatic nitrogens is 3. The number of nitrogens with one attached hydrogen (secondary N) is 1. The monoisotopic (exact) mass is 309 g/mol. The minimum atomic E-state index is -0.879. The second-order valence-electron chi connectivity index (χ2n) is 6.64. The molecule has 4 rings (SSSR count). The van der Waals surface area contributed by atoms with Crippen molar-refractivity contribution in [2.75, 3.05) is 0 Å². The van der Waals surface area contributed by atoms with Gasteiger partial charge in [0.1, 0.15) is 0 Å². The maximum atomic E-state index is 11.3. The van der Waals surface area contributed by atoms with E-state index in [2.05, 4.69) is 28.6 Å². The SMILES string of the molecule is CC(C)Cn1c2c(c3cc(C(=O)O)ccc31)CCc1cn[nH]c1-2. The average molecular weight is 309 g/mol. The molecule has 1 aromatic carbocycles. The van der Waals surface area contributed by atoms with Crippen LogP contribution in [0.15, 0.2) is 24.4 Å². The van der Waals surface area contributed by atoms with Crippen LogP contribution in [-0.2, 0) is 19.4 Å². The highest BCUT2D eigenvalue weighted by Crippen LogP contribution is 2.39. The summed E-state index contributed by atoms with van der Waals surface area (Å²) in [5, 5.41) is 17.7. The van der Waals surface area contributed by atoms with Crippen LogP contribution >= 0.6 is 0 Å². The normalized spacial score (nSPS) is 13.3. The highest BCUT2D eigenvalue weighted by molar-refractivity contribution is 5.98. The largest absolute Gasteiger partial charge is 0.478 e. The van der Waals surface area contributed by atoms with E-state index in [1.54, 1.807) is 6.07 Å². The topological polar surface area (TPSA) is 70.9 Å². The fraction of sp³-hybridized carbons (Fsp3) is 0.333. The van der Waals surface area contributed by atoms with Gasteiger partial charge in [-0.25, -0.2) is 4.79 Å². The smallest absolute Gasteiger partial charge is 0.335 e. The Kier molecular flexibility index (Phi) is 3.04. The molecule has 5 heteroatoms. The zero-order valence-electron chi connectivity index (χ0n) is 13.3. The highest BCUT2D eigenvalue weighted by Gasteiger charge is 2.26. The number of carbonyl (C=O) groups is 1. The quantitative estimate of drug-likeness (QED) is 0.778. The predicted octanol–water partition coefficient (Wildman–Crippen LogP) is 3.48. The number of benzene rings is 1. The molecule has 0 aliphatic heterocycles. The Balaban J connectivity index is 2.05. The summed E-state index contributed by atoms with van der Waals surface area (Å²) in [6.45, 7) is 5.29. The molecule has 0 radical (unpaired) electrons. The fourth-order valence-corrected chi connectivity index (χ4v) is 3.62. The minimum absolute atomic E-state index is 0.345. The molecule has 23 heavy (non-hydrogen) atoms. The van der Waals surface area contributed by atoms with Gasteiger partial charge < -0.3 is 9.67 Å². The lowest BCUT2D eigenvalue weighted by atomic mass is 9.93. The number of aryl methyl sites for hydroxylation is 2. The van der Waals surface area contributed by atoms with E-state index in [-0.39, 0.29) is 0 Å². The Bertz CT molecular complexity index is 918. The van der Waals surface area contributed by atoms with Crippen LogP contribution in [0, 0.1) is 5.92 Å². The van der Waals surface area contributed by atoms with Gasteiger partial charge in [0, 0.05) is 17.4 Å². The number of hydrogen-bond donors (Lipinski definition) is 2. The molecule has 2 aromatic heterocycles. The number of rotatable bonds is 3. The first-order valence-electron chi connectivity index (χ1n) is 7.97. The summed E-state index contributed by atoms with van der Waals surface area (Å²) >= 11 is 0. The van der Waals surface area contributed by atoms with Crippen molar-refractivity contribution < 1.29 is 9.90 Å². The van der Waals surface area contributed by atoms with E-state index in [1.807, 2.05) is 18.3 Å². The predicted molar refractivity (Wildman–Crippen MR) is 88.7 cm³/mol. The first-order chi connectivity index (χ1) is 11.1. The first kappa shape index (κ1) is 14.1. The molecule has 5 nitrogen and oxygen atoms in total. The number of nitrogens with zero attached hydrogens (tertiary/aromatic N) is 2. The molecule has 0 atom stereocenters. The summed E-state index contributed by atoms with van der Waals surface area (Å²) in [4.78, 5) is 11.3. The van der Waals surface area contributed by atoms with E-state index in [0.29, 0.717) is 11.5 Å². The van der Waals surface area contributed by atoms with E-state index in [0.717, 1.165) is 36.0 Å². The number of fused-ring (bicyclic) bond motifs is 5. The lowest BCUT2D eigenvalue weighted by Gasteiger charge is -2.17. The van der Waals surface area contributed by atoms with Gasteiger partial charge in [-0.05, 0) is 48.1 Å². The standard InChI is InChI=1S/C18H19N3O2/c1-10(2)9-21-15-6-4-11(18(22)23)7-14(15)13-5-3-12-8-19-20-16(12)17(13)21/h4,6-8,10H,3,5,9H2,1-2H3,(H,19,20)(H,22,23). The number of aromatic carboxylic acids is 1. The molecule has 3 aromatic rings. The van der Waals surface area contributed by atoms with Crippen LogP contribution in [-0.4, -0.2) is 25.8 Å². The maximum Gasteiger partial charge on any atom is 0.335 e. The molecule has 2 heterocycles. The van der Waals surface area contributed by atoms with Gasteiger partial charge in [0.15, 0.2) is 0 Å². The number of carboxylic acids is 1. The Morgan fingerprint density at radius 2 is 2.22 bits per heavy atom. The van der Waals surface area contributed by atoms with Crippen LogP contribution in [0.2, 0.25) is 0 Å². The van der Waals surface area contributed by atoms with E-state index in [9.17, 15) is 9.90 Å². The third-order valence-electron chi connectivity index (χ3n) is 4.56. The van der Waals surface area contributed by atoms with Crippen LogP contribution < -0.4 is 0 Å². The number of H-pyrrole nitrogens is 1. The van der Waals surface area contributed by atoms with Crippen molar-refractivity contribution in [3.63, 3.8) is 0 Å². The summed E-state index contributed by atoms with van der Waals surface area (Å²) in [5.74, 6) is -0.377. The molecule has 118 valence electrons. The van der Waals surface area contributed by atoms with E-state index in [4.69, 9.17) is 0 Å². The van der Waals surface area contributed by atoms with Crippen molar-refractivity contribution in [2.24, 2.45) is 5.92 Å². The molecular weight excluding hydrogens is 290 g/mol. The zero-order chi connectivity index (χ0) is 16.1. The van der Waals surface area contributed by atoms with Gasteiger partial charge in [0.05, 0.1) is 23.1 Å². The average Bonchev–Trinajstić information content (AvgIpc) is 3.09. The van der Waals surface area contributed by atoms with Gasteiger partial charge in [0.2, 0.25) is 0 Å². The molecule has 2 N–H and O–H groups in total. The molecule has 0 saturated carbocycles. The number of hydrogen-bond acceptors (Lipinski definition) is 2. The summed E-state index contributed by atoms with van der Waals surface area (Å²) in [5.41, 5.74) is 6.19. The lowest BCUT2D eigenvalue weighted by molar-refractivity contribution is 0.0697. The van der Waals surface area contributed by atoms with E-state index in [1.165, 1.54) is 16.8 Å². The summed E-state index contributed by atoms with van der Waals surface area (Å²) in [6, 6.07) is 5.45. The van der Waals surface area contributed by atoms with Crippen LogP contribution in [0.5, 0.6) is 0 Å². The number of aromatic amines is 1. The lowest BCUT2D eigenvalue weighted by Crippen LogP contribution is -2.10. The molecule has 0 spiro atoms. The van der Waals surface area contributed by atoms with Crippen molar-refractivity contribution in [1.82, 2.24) is 14.8 Å². The third kappa shape index (κ3) is 2.07. The van der Waals surface area contributed by atoms with Crippen molar-refractivity contribution >= 4 is 16.9 Å². The first-order valence-corrected chi connectivity index (χ1v) is 7.97. The molecule has 0 saturated heterocycles. The second-order valence-corrected chi connectivity index (χ2v) is 6.64. The Morgan fingerprint density at radius 1 is 1.39 bits per heavy atom. The van der Waals surface area contributed by atoms with Gasteiger partial charge in [-0.15, -0.1) is 0 Å². The second kappa shape index (κ2) is 4.98. The summed E-state index contributed by atoms with van der Waals surface area (Å²) < 4.78 is 2.32. The molecular formula is C18H19N3O2. The van der Waals surface area contributed by atoms with Gasteiger partial charge in [-0.1, -0.05) is 13.8 Å². The summed E-state index contributed by atoms with van der Waals surface area (Å²) in [6.07, 6.45) is 3.77. The van der Waals surface area contributed by atoms with Crippen molar-refractivity contribution in [3.8, 4) is 11.4 Å². The Labute approximate surface area is 133 Å². The van der Waals surface area contributed by atoms with Crippen LogP contribution in [0.3, 0.4) is 0 Å². The highest BCUT2D eigenvalue weighted by atomic mass is 16.4. The van der Waals surface area contributed by atoms with Gasteiger partial charge >= 0.3 is 5.97 Å². The fourth-order valence-electron chi connectivity index (χ4n) is 3.62. The maximum absolute atomic E-state index is 11.3. The Morgan fingerprint density at radius 3 is 2.96 bits per heavy atom. The molecule has 1 aliphatic rings. The van der Waals surface area contributed by atoms with Gasteiger partial charge in [-0.2, -0.15) is 5.10 Å². The van der Waals surface area contributed by atoms with Crippen molar-refractivity contribution in [1.29, 1.82) is 0 Å². The molecule has 0 fully saturated rings. The number of carboxylic acid groups (broad SMARTS) is 1. The molecule has 0 unspecified atom stereocenters. The third-order valence-corrected chi connectivity index (χ3v) is 4.56. The van der Waals surface area contributed by atoms with Gasteiger partial charge in [-0.3, -0.25) is 5.10 Å². The minimum Gasteiger partial charge on any atom is -0.478 e. The molecule has 1 aliphatic carbocycles. The van der Waals surface area contributed by atoms with Crippen molar-refractivity contribution in [3.05, 3.63) is 41.1 Å². The van der Waals surface area contributed by atoms with E-state index < -0.39 is 5.97 Å². The summed E-state index contributed by atoms with van der Waals surface area (Å²) in [7, 11) is 0. The molecule has 0 bridgehead atoms. The van der Waals surface area contributed by atoms with Crippen LogP contribution in [0.25, 0.3) is 22.3 Å². The van der Waals surface area contributed by atoms with Crippen LogP contribution in [0.4, 0.5) is 0 Å². The van der Waals surface area contributed by atoms with Crippen molar-refractivity contribution in [2.45, 2.75) is 33.2 Å².